The van der Waals surface area contributed by atoms with E-state index in [0.29, 0.717) is 35.0 Å². The van der Waals surface area contributed by atoms with Gasteiger partial charge >= 0.3 is 0 Å². The minimum absolute atomic E-state index is 0.207. The Morgan fingerprint density at radius 1 is 1.17 bits per heavy atom. The van der Waals surface area contributed by atoms with Crippen molar-refractivity contribution in [2.75, 3.05) is 51.1 Å². The number of likely N-dealkylation sites (tertiary alicyclic amines) is 1. The molecule has 0 aliphatic carbocycles. The number of piperidine rings is 1. The van der Waals surface area contributed by atoms with Gasteiger partial charge in [-0.2, -0.15) is 4.98 Å². The highest BCUT2D eigenvalue weighted by Gasteiger charge is 2.33. The molecule has 0 saturated carbocycles. The molecule has 0 unspecified atom stereocenters. The molecule has 0 amide bonds. The SMILES string of the molecule is Cc1cc(N(C)c2ncc(Cl)c(Nc3ccccc3S(=O)(=O)C(C)C)n2)c2c(c1C1CC[N+](C)(C)CC1)CCCO2. The standard InChI is InChI=1S/C31H41ClN5O3S/c1-20(2)41(38,39)27-12-8-7-11-25(27)34-30-24(32)19-33-31(35-30)36(4)26-18-21(3)28(23-10-9-17-40-29(23)26)22-13-15-37(5,6)16-14-22/h7-8,11-12,18-20,22H,9-10,13-17H2,1-6H3,(H,33,34,35)/q+1. The number of aromatic nitrogens is 2. The third kappa shape index (κ3) is 5.90. The van der Waals surface area contributed by atoms with Gasteiger partial charge < -0.3 is 19.4 Å². The molecular weight excluding hydrogens is 558 g/mol. The molecule has 3 aromatic rings. The smallest absolute Gasteiger partial charge is 0.231 e. The normalized spacial score (nSPS) is 17.2. The molecule has 2 aliphatic heterocycles. The van der Waals surface area contributed by atoms with Gasteiger partial charge in [-0.1, -0.05) is 23.7 Å². The van der Waals surface area contributed by atoms with Crippen LogP contribution in [0.1, 0.15) is 55.7 Å². The molecule has 1 aromatic heterocycles. The molecule has 1 N–H and O–H groups in total. The van der Waals surface area contributed by atoms with Crippen molar-refractivity contribution in [3.05, 3.63) is 58.2 Å². The van der Waals surface area contributed by atoms with Crippen LogP contribution in [-0.4, -0.2) is 69.0 Å². The molecule has 220 valence electrons. The topological polar surface area (TPSA) is 84.4 Å². The average molecular weight is 599 g/mol. The van der Waals surface area contributed by atoms with Crippen LogP contribution in [0.5, 0.6) is 5.75 Å². The van der Waals surface area contributed by atoms with E-state index in [4.69, 9.17) is 21.3 Å². The fourth-order valence-electron chi connectivity index (χ4n) is 5.98. The van der Waals surface area contributed by atoms with E-state index in [9.17, 15) is 8.42 Å². The summed E-state index contributed by atoms with van der Waals surface area (Å²) < 4.78 is 33.4. The van der Waals surface area contributed by atoms with Gasteiger partial charge in [-0.25, -0.2) is 13.4 Å². The van der Waals surface area contributed by atoms with Crippen molar-refractivity contribution in [1.82, 2.24) is 9.97 Å². The highest BCUT2D eigenvalue weighted by molar-refractivity contribution is 7.92. The van der Waals surface area contributed by atoms with Crippen LogP contribution in [0, 0.1) is 6.92 Å². The molecular formula is C31H41ClN5O3S+. The first kappa shape index (κ1) is 29.6. The van der Waals surface area contributed by atoms with Crippen molar-refractivity contribution < 1.29 is 17.6 Å². The molecule has 0 spiro atoms. The molecule has 0 atom stereocenters. The lowest BCUT2D eigenvalue weighted by molar-refractivity contribution is -0.895. The van der Waals surface area contributed by atoms with Crippen LogP contribution in [0.15, 0.2) is 41.4 Å². The summed E-state index contributed by atoms with van der Waals surface area (Å²) in [7, 11) is 3.04. The van der Waals surface area contributed by atoms with Crippen LogP contribution in [0.3, 0.4) is 0 Å². The van der Waals surface area contributed by atoms with Crippen LogP contribution in [0.2, 0.25) is 5.02 Å². The highest BCUT2D eigenvalue weighted by atomic mass is 35.5. The lowest BCUT2D eigenvalue weighted by Crippen LogP contribution is -2.45. The summed E-state index contributed by atoms with van der Waals surface area (Å²) in [5.74, 6) is 2.23. The Morgan fingerprint density at radius 3 is 2.59 bits per heavy atom. The van der Waals surface area contributed by atoms with Crippen molar-refractivity contribution >= 4 is 44.6 Å². The third-order valence-electron chi connectivity index (χ3n) is 8.46. The molecule has 0 bridgehead atoms. The molecule has 3 heterocycles. The summed E-state index contributed by atoms with van der Waals surface area (Å²) in [6.45, 7) is 8.58. The van der Waals surface area contributed by atoms with Crippen molar-refractivity contribution in [2.24, 2.45) is 0 Å². The number of aryl methyl sites for hydroxylation is 1. The minimum atomic E-state index is -3.52. The Labute approximate surface area is 249 Å². The summed E-state index contributed by atoms with van der Waals surface area (Å²) in [5, 5.41) is 2.89. The second-order valence-electron chi connectivity index (χ2n) is 12.2. The zero-order valence-corrected chi connectivity index (χ0v) is 26.4. The number of para-hydroxylation sites is 1. The number of nitrogens with zero attached hydrogens (tertiary/aromatic N) is 4. The highest BCUT2D eigenvalue weighted by Crippen LogP contribution is 2.46. The number of sulfone groups is 1. The number of benzene rings is 2. The predicted octanol–water partition coefficient (Wildman–Crippen LogP) is 6.41. The number of halogens is 1. The van der Waals surface area contributed by atoms with E-state index in [-0.39, 0.29) is 4.90 Å². The molecule has 2 aliphatic rings. The van der Waals surface area contributed by atoms with Gasteiger partial charge in [0.1, 0.15) is 10.8 Å². The Kier molecular flexibility index (Phi) is 8.25. The number of nitrogens with one attached hydrogen (secondary N) is 1. The van der Waals surface area contributed by atoms with Crippen LogP contribution in [-0.2, 0) is 16.3 Å². The molecule has 1 saturated heterocycles. The summed E-state index contributed by atoms with van der Waals surface area (Å²) in [6, 6.07) is 9.01. The van der Waals surface area contributed by atoms with Gasteiger partial charge in [0.25, 0.3) is 0 Å². The summed E-state index contributed by atoms with van der Waals surface area (Å²) in [4.78, 5) is 11.4. The van der Waals surface area contributed by atoms with E-state index in [2.05, 4.69) is 37.4 Å². The van der Waals surface area contributed by atoms with E-state index < -0.39 is 15.1 Å². The maximum atomic E-state index is 13.0. The van der Waals surface area contributed by atoms with E-state index in [1.54, 1.807) is 44.3 Å². The van der Waals surface area contributed by atoms with Crippen molar-refractivity contribution in [2.45, 2.75) is 62.5 Å². The molecule has 2 aromatic carbocycles. The van der Waals surface area contributed by atoms with E-state index in [0.717, 1.165) is 28.8 Å². The van der Waals surface area contributed by atoms with Crippen LogP contribution in [0.4, 0.5) is 23.1 Å². The molecule has 8 nitrogen and oxygen atoms in total. The quantitative estimate of drug-likeness (QED) is 0.315. The lowest BCUT2D eigenvalue weighted by atomic mass is 9.81. The first-order chi connectivity index (χ1) is 19.4. The van der Waals surface area contributed by atoms with E-state index in [1.807, 2.05) is 11.9 Å². The van der Waals surface area contributed by atoms with Crippen LogP contribution < -0.4 is 15.0 Å². The van der Waals surface area contributed by atoms with Crippen LogP contribution >= 0.6 is 11.6 Å². The number of quaternary nitrogens is 1. The Morgan fingerprint density at radius 2 is 1.88 bits per heavy atom. The number of ether oxygens (including phenoxy) is 1. The number of rotatable bonds is 7. The number of anilines is 4. The van der Waals surface area contributed by atoms with Crippen LogP contribution in [0.25, 0.3) is 0 Å². The van der Waals surface area contributed by atoms with Gasteiger partial charge in [-0.15, -0.1) is 0 Å². The zero-order chi connectivity index (χ0) is 29.5. The molecule has 0 radical (unpaired) electrons. The summed E-state index contributed by atoms with van der Waals surface area (Å²) >= 11 is 6.51. The summed E-state index contributed by atoms with van der Waals surface area (Å²) in [6.07, 6.45) is 5.90. The molecule has 41 heavy (non-hydrogen) atoms. The average Bonchev–Trinajstić information content (AvgIpc) is 2.94. The first-order valence-electron chi connectivity index (χ1n) is 14.4. The van der Waals surface area contributed by atoms with Gasteiger partial charge in [0.2, 0.25) is 5.95 Å². The lowest BCUT2D eigenvalue weighted by Gasteiger charge is -2.39. The van der Waals surface area contributed by atoms with Crippen molar-refractivity contribution in [3.8, 4) is 5.75 Å². The van der Waals surface area contributed by atoms with Gasteiger partial charge in [-0.3, -0.25) is 0 Å². The Balaban J connectivity index is 1.50. The Hall–Kier alpha value is -2.88. The largest absolute Gasteiger partial charge is 0.491 e. The fraction of sp³-hybridized carbons (Fsp3) is 0.484. The van der Waals surface area contributed by atoms with Gasteiger partial charge in [0.05, 0.1) is 61.5 Å². The van der Waals surface area contributed by atoms with Gasteiger partial charge in [0.15, 0.2) is 15.7 Å². The van der Waals surface area contributed by atoms with Crippen molar-refractivity contribution in [1.29, 1.82) is 0 Å². The summed E-state index contributed by atoms with van der Waals surface area (Å²) in [5.41, 5.74) is 5.39. The third-order valence-corrected chi connectivity index (χ3v) is 10.9. The number of hydrogen-bond donors (Lipinski definition) is 1. The number of fused-ring (bicyclic) bond motifs is 1. The minimum Gasteiger partial charge on any atom is -0.491 e. The van der Waals surface area contributed by atoms with Crippen molar-refractivity contribution in [3.63, 3.8) is 0 Å². The molecule has 1 fully saturated rings. The fourth-order valence-corrected chi connectivity index (χ4v) is 7.32. The predicted molar refractivity (Wildman–Crippen MR) is 166 cm³/mol. The molecule has 10 heteroatoms. The maximum Gasteiger partial charge on any atom is 0.231 e. The van der Waals surface area contributed by atoms with E-state index >= 15 is 0 Å². The first-order valence-corrected chi connectivity index (χ1v) is 16.3. The second-order valence-corrected chi connectivity index (χ2v) is 15.1. The maximum absolute atomic E-state index is 13.0. The van der Waals surface area contributed by atoms with E-state index in [1.165, 1.54) is 42.6 Å². The molecule has 5 rings (SSSR count). The Bertz CT molecular complexity index is 1550. The second kappa shape index (κ2) is 11.4. The van der Waals surface area contributed by atoms with Gasteiger partial charge in [-0.05, 0) is 68.9 Å². The number of hydrogen-bond acceptors (Lipinski definition) is 7. The zero-order valence-electron chi connectivity index (χ0n) is 24.9. The van der Waals surface area contributed by atoms with Gasteiger partial charge in [0, 0.05) is 25.5 Å². The monoisotopic (exact) mass is 598 g/mol.